The maximum atomic E-state index is 12.4. The molecular weight excluding hydrogens is 282 g/mol. The minimum atomic E-state index is 0. The highest BCUT2D eigenvalue weighted by Gasteiger charge is 2.30. The number of hydrogen-bond donors (Lipinski definition) is 1. The topological polar surface area (TPSA) is 59.2 Å². The summed E-state index contributed by atoms with van der Waals surface area (Å²) in [5.41, 5.74) is 6.99. The molecule has 0 spiro atoms. The molecule has 1 aliphatic rings. The molecule has 0 unspecified atom stereocenters. The summed E-state index contributed by atoms with van der Waals surface area (Å²) in [5.74, 6) is 1.08. The third-order valence-corrected chi connectivity index (χ3v) is 4.28. The molecule has 6 heteroatoms. The number of nitrogens with zero attached hydrogens (tertiary/aromatic N) is 2. The molecule has 0 aliphatic carbocycles. The van der Waals surface area contributed by atoms with Crippen LogP contribution in [0.15, 0.2) is 18.3 Å². The normalized spacial score (nSPS) is 17.7. The van der Waals surface area contributed by atoms with Crippen LogP contribution >= 0.6 is 24.2 Å². The van der Waals surface area contributed by atoms with Crippen LogP contribution in [-0.4, -0.2) is 39.4 Å². The highest BCUT2D eigenvalue weighted by Crippen LogP contribution is 2.30. The molecule has 1 amide bonds. The van der Waals surface area contributed by atoms with E-state index < -0.39 is 0 Å². The standard InChI is InChI=1S/C13H19N3OS.ClH/c1-13(2)9-16(5-6-18-13)12(17)10-3-4-15-11(7-10)8-14;/h3-4,7H,5-6,8-9,14H2,1-2H3;1H. The van der Waals surface area contributed by atoms with Gasteiger partial charge in [0.2, 0.25) is 0 Å². The second kappa shape index (κ2) is 6.59. The van der Waals surface area contributed by atoms with Gasteiger partial charge >= 0.3 is 0 Å². The third-order valence-electron chi connectivity index (χ3n) is 2.99. The molecule has 0 bridgehead atoms. The molecule has 0 atom stereocenters. The van der Waals surface area contributed by atoms with Gasteiger partial charge in [-0.05, 0) is 26.0 Å². The molecule has 106 valence electrons. The van der Waals surface area contributed by atoms with E-state index in [9.17, 15) is 4.79 Å². The van der Waals surface area contributed by atoms with Crippen LogP contribution in [0.3, 0.4) is 0 Å². The maximum absolute atomic E-state index is 12.4. The summed E-state index contributed by atoms with van der Waals surface area (Å²) in [4.78, 5) is 18.4. The van der Waals surface area contributed by atoms with E-state index in [4.69, 9.17) is 5.73 Å². The highest BCUT2D eigenvalue weighted by atomic mass is 35.5. The summed E-state index contributed by atoms with van der Waals surface area (Å²) in [6.45, 7) is 6.32. The molecule has 2 rings (SSSR count). The van der Waals surface area contributed by atoms with E-state index in [1.165, 1.54) is 0 Å². The Morgan fingerprint density at radius 1 is 1.58 bits per heavy atom. The lowest BCUT2D eigenvalue weighted by Gasteiger charge is -2.37. The first kappa shape index (κ1) is 16.3. The van der Waals surface area contributed by atoms with Gasteiger partial charge in [0.1, 0.15) is 0 Å². The van der Waals surface area contributed by atoms with Gasteiger partial charge in [-0.15, -0.1) is 12.4 Å². The van der Waals surface area contributed by atoms with Gasteiger partial charge in [-0.3, -0.25) is 9.78 Å². The van der Waals surface area contributed by atoms with E-state index in [0.717, 1.165) is 24.5 Å². The first-order valence-electron chi connectivity index (χ1n) is 6.10. The number of thioether (sulfide) groups is 1. The smallest absolute Gasteiger partial charge is 0.254 e. The summed E-state index contributed by atoms with van der Waals surface area (Å²) < 4.78 is 0.137. The predicted molar refractivity (Wildman–Crippen MR) is 81.8 cm³/mol. The monoisotopic (exact) mass is 301 g/mol. The van der Waals surface area contributed by atoms with Crippen molar-refractivity contribution in [1.29, 1.82) is 0 Å². The number of rotatable bonds is 2. The summed E-state index contributed by atoms with van der Waals surface area (Å²) in [5, 5.41) is 0. The molecule has 1 fully saturated rings. The number of pyridine rings is 1. The van der Waals surface area contributed by atoms with E-state index in [0.29, 0.717) is 12.1 Å². The quantitative estimate of drug-likeness (QED) is 0.907. The Bertz CT molecular complexity index is 453. The molecule has 4 nitrogen and oxygen atoms in total. The molecule has 0 saturated carbocycles. The van der Waals surface area contributed by atoms with Crippen molar-refractivity contribution in [1.82, 2.24) is 9.88 Å². The number of halogens is 1. The SMILES string of the molecule is CC1(C)CN(C(=O)c2ccnc(CN)c2)CCS1.Cl. The molecule has 1 aromatic rings. The number of amides is 1. The zero-order valence-electron chi connectivity index (χ0n) is 11.3. The summed E-state index contributed by atoms with van der Waals surface area (Å²) >= 11 is 1.92. The Morgan fingerprint density at radius 2 is 2.32 bits per heavy atom. The van der Waals surface area contributed by atoms with Gasteiger partial charge in [0.05, 0.1) is 5.69 Å². The van der Waals surface area contributed by atoms with Crippen molar-refractivity contribution in [3.8, 4) is 0 Å². The molecule has 2 N–H and O–H groups in total. The van der Waals surface area contributed by atoms with Crippen LogP contribution in [0.1, 0.15) is 29.9 Å². The van der Waals surface area contributed by atoms with Gasteiger partial charge in [0.15, 0.2) is 0 Å². The number of carbonyl (C=O) groups is 1. The Balaban J connectivity index is 0.00000180. The van der Waals surface area contributed by atoms with E-state index in [2.05, 4.69) is 18.8 Å². The Kier molecular flexibility index (Phi) is 5.64. The lowest BCUT2D eigenvalue weighted by Crippen LogP contribution is -2.46. The largest absolute Gasteiger partial charge is 0.336 e. The Hall–Kier alpha value is -0.780. The van der Waals surface area contributed by atoms with Crippen LogP contribution < -0.4 is 5.73 Å². The van der Waals surface area contributed by atoms with Crippen molar-refractivity contribution in [3.05, 3.63) is 29.6 Å². The van der Waals surface area contributed by atoms with Crippen molar-refractivity contribution < 1.29 is 4.79 Å². The first-order chi connectivity index (χ1) is 8.52. The van der Waals surface area contributed by atoms with Crippen molar-refractivity contribution in [2.75, 3.05) is 18.8 Å². The number of aromatic nitrogens is 1. The van der Waals surface area contributed by atoms with Gasteiger partial charge < -0.3 is 10.6 Å². The fraction of sp³-hybridized carbons (Fsp3) is 0.538. The highest BCUT2D eigenvalue weighted by molar-refractivity contribution is 8.00. The second-order valence-electron chi connectivity index (χ2n) is 5.07. The van der Waals surface area contributed by atoms with Gasteiger partial charge in [0.25, 0.3) is 5.91 Å². The van der Waals surface area contributed by atoms with E-state index in [1.54, 1.807) is 18.3 Å². The lowest BCUT2D eigenvalue weighted by molar-refractivity contribution is 0.0748. The van der Waals surface area contributed by atoms with Crippen molar-refractivity contribution in [3.63, 3.8) is 0 Å². The predicted octanol–water partition coefficient (Wildman–Crippen LogP) is 1.93. The number of nitrogens with two attached hydrogens (primary N) is 1. The summed E-state index contributed by atoms with van der Waals surface area (Å²) in [6.07, 6.45) is 1.65. The average Bonchev–Trinajstić information content (AvgIpc) is 2.37. The molecule has 19 heavy (non-hydrogen) atoms. The van der Waals surface area contributed by atoms with Crippen LogP contribution in [0.4, 0.5) is 0 Å². The second-order valence-corrected chi connectivity index (χ2v) is 6.88. The Morgan fingerprint density at radius 3 is 2.95 bits per heavy atom. The maximum Gasteiger partial charge on any atom is 0.254 e. The zero-order chi connectivity index (χ0) is 13.2. The molecular formula is C13H20ClN3OS. The van der Waals surface area contributed by atoms with Crippen molar-refractivity contribution in [2.24, 2.45) is 5.73 Å². The van der Waals surface area contributed by atoms with Crippen LogP contribution in [0.2, 0.25) is 0 Å². The van der Waals surface area contributed by atoms with Gasteiger partial charge in [-0.25, -0.2) is 0 Å². The Labute approximate surface area is 124 Å². The number of carbonyl (C=O) groups excluding carboxylic acids is 1. The fourth-order valence-corrected chi connectivity index (χ4v) is 3.21. The van der Waals surface area contributed by atoms with Crippen LogP contribution in [0, 0.1) is 0 Å². The molecule has 2 heterocycles. The van der Waals surface area contributed by atoms with Gasteiger partial charge in [0, 0.05) is 41.9 Å². The van der Waals surface area contributed by atoms with E-state index >= 15 is 0 Å². The number of hydrogen-bond acceptors (Lipinski definition) is 4. The molecule has 1 saturated heterocycles. The summed E-state index contributed by atoms with van der Waals surface area (Å²) in [7, 11) is 0. The molecule has 1 aliphatic heterocycles. The zero-order valence-corrected chi connectivity index (χ0v) is 12.9. The van der Waals surface area contributed by atoms with Crippen LogP contribution in [0.25, 0.3) is 0 Å². The van der Waals surface area contributed by atoms with Crippen LogP contribution in [-0.2, 0) is 6.54 Å². The van der Waals surface area contributed by atoms with Crippen molar-refractivity contribution >= 4 is 30.1 Å². The minimum Gasteiger partial charge on any atom is -0.336 e. The third kappa shape index (κ3) is 4.09. The van der Waals surface area contributed by atoms with Gasteiger partial charge in [-0.1, -0.05) is 0 Å². The fourth-order valence-electron chi connectivity index (χ4n) is 2.10. The average molecular weight is 302 g/mol. The lowest BCUT2D eigenvalue weighted by atomic mass is 10.1. The van der Waals surface area contributed by atoms with E-state index in [1.807, 2.05) is 16.7 Å². The summed E-state index contributed by atoms with van der Waals surface area (Å²) in [6, 6.07) is 3.55. The first-order valence-corrected chi connectivity index (χ1v) is 7.09. The van der Waals surface area contributed by atoms with E-state index in [-0.39, 0.29) is 23.1 Å². The van der Waals surface area contributed by atoms with Gasteiger partial charge in [-0.2, -0.15) is 11.8 Å². The minimum absolute atomic E-state index is 0. The molecule has 0 aromatic carbocycles. The molecule has 0 radical (unpaired) electrons. The van der Waals surface area contributed by atoms with Crippen molar-refractivity contribution in [2.45, 2.75) is 25.1 Å². The molecule has 1 aromatic heterocycles. The van der Waals surface area contributed by atoms with Crippen LogP contribution in [0.5, 0.6) is 0 Å².